The molecule has 0 amide bonds. The second kappa shape index (κ2) is 3.67. The van der Waals surface area contributed by atoms with Crippen molar-refractivity contribution in [2.45, 2.75) is 32.1 Å². The summed E-state index contributed by atoms with van der Waals surface area (Å²) in [5.41, 5.74) is 0.854. The van der Waals surface area contributed by atoms with Crippen LogP contribution < -0.4 is 0 Å². The van der Waals surface area contributed by atoms with Gasteiger partial charge < -0.3 is 0 Å². The molecule has 0 radical (unpaired) electrons. The molecule has 1 aromatic heterocycles. The Labute approximate surface area is 93.1 Å². The quantitative estimate of drug-likeness (QED) is 0.786. The van der Waals surface area contributed by atoms with Crippen LogP contribution in [0.1, 0.15) is 31.4 Å². The van der Waals surface area contributed by atoms with Gasteiger partial charge in [0, 0.05) is 11.3 Å². The highest BCUT2D eigenvalue weighted by Gasteiger charge is 2.42. The number of aromatic nitrogens is 2. The van der Waals surface area contributed by atoms with E-state index in [4.69, 9.17) is 0 Å². The summed E-state index contributed by atoms with van der Waals surface area (Å²) in [6.07, 6.45) is 5.57. The largest absolute Gasteiger partial charge is 0.299 e. The molecule has 4 heteroatoms. The van der Waals surface area contributed by atoms with Crippen LogP contribution in [0.3, 0.4) is 0 Å². The van der Waals surface area contributed by atoms with E-state index in [0.29, 0.717) is 24.0 Å². The van der Waals surface area contributed by atoms with Gasteiger partial charge in [-0.1, -0.05) is 10.9 Å². The molecule has 0 N–H and O–H groups in total. The van der Waals surface area contributed by atoms with Crippen LogP contribution in [0.5, 0.6) is 0 Å². The molecule has 3 atom stereocenters. The molecule has 0 spiro atoms. The van der Waals surface area contributed by atoms with Gasteiger partial charge in [0.2, 0.25) is 0 Å². The van der Waals surface area contributed by atoms with Crippen molar-refractivity contribution in [1.29, 1.82) is 0 Å². The Kier molecular flexibility index (Phi) is 2.31. The molecule has 2 bridgehead atoms. The molecule has 80 valence electrons. The van der Waals surface area contributed by atoms with E-state index in [1.165, 1.54) is 30.8 Å². The van der Waals surface area contributed by atoms with E-state index in [2.05, 4.69) is 9.59 Å². The van der Waals surface area contributed by atoms with Gasteiger partial charge in [0.15, 0.2) is 0 Å². The zero-order chi connectivity index (χ0) is 10.3. The Bertz CT molecular complexity index is 363. The maximum absolute atomic E-state index is 12.0. The molecular weight excluding hydrogens is 208 g/mol. The molecule has 0 aromatic carbocycles. The Hall–Kier alpha value is -0.770. The van der Waals surface area contributed by atoms with Gasteiger partial charge >= 0.3 is 0 Å². The average molecular weight is 222 g/mol. The van der Waals surface area contributed by atoms with Gasteiger partial charge in [0.05, 0.1) is 12.1 Å². The van der Waals surface area contributed by atoms with Crippen molar-refractivity contribution in [2.24, 2.45) is 17.8 Å². The predicted molar refractivity (Wildman–Crippen MR) is 57.6 cm³/mol. The van der Waals surface area contributed by atoms with Crippen molar-refractivity contribution < 1.29 is 4.79 Å². The molecule has 1 heterocycles. The number of carbonyl (C=O) groups excluding carboxylic acids is 1. The van der Waals surface area contributed by atoms with Crippen LogP contribution in [-0.2, 0) is 11.2 Å². The topological polar surface area (TPSA) is 42.9 Å². The molecule has 15 heavy (non-hydrogen) atoms. The number of ketones is 1. The van der Waals surface area contributed by atoms with Crippen molar-refractivity contribution in [3.8, 4) is 0 Å². The van der Waals surface area contributed by atoms with Crippen molar-refractivity contribution in [2.75, 3.05) is 0 Å². The van der Waals surface area contributed by atoms with E-state index in [9.17, 15) is 4.79 Å². The van der Waals surface area contributed by atoms with Crippen LogP contribution in [0, 0.1) is 17.8 Å². The predicted octanol–water partition coefficient (Wildman–Crippen LogP) is 2.09. The van der Waals surface area contributed by atoms with Gasteiger partial charge in [-0.3, -0.25) is 4.79 Å². The minimum Gasteiger partial charge on any atom is -0.299 e. The van der Waals surface area contributed by atoms with Crippen LogP contribution in [0.15, 0.2) is 5.38 Å². The van der Waals surface area contributed by atoms with E-state index >= 15 is 0 Å². The number of nitrogens with zero attached hydrogens (tertiary/aromatic N) is 2. The van der Waals surface area contributed by atoms with Crippen LogP contribution >= 0.6 is 11.5 Å². The van der Waals surface area contributed by atoms with Crippen molar-refractivity contribution in [3.05, 3.63) is 11.1 Å². The summed E-state index contributed by atoms with van der Waals surface area (Å²) in [7, 11) is 0. The SMILES string of the molecule is O=C(Cc1csnn1)C1CC2CCC1C2. The third kappa shape index (κ3) is 1.71. The summed E-state index contributed by atoms with van der Waals surface area (Å²) in [5.74, 6) is 2.27. The summed E-state index contributed by atoms with van der Waals surface area (Å²) in [6, 6.07) is 0. The third-order valence-corrected chi connectivity index (χ3v) is 4.47. The highest BCUT2D eigenvalue weighted by molar-refractivity contribution is 7.03. The average Bonchev–Trinajstić information content (AvgIpc) is 2.93. The minimum absolute atomic E-state index is 0.338. The first kappa shape index (κ1) is 9.46. The molecule has 2 aliphatic rings. The maximum atomic E-state index is 12.0. The molecule has 2 fully saturated rings. The zero-order valence-corrected chi connectivity index (χ0v) is 9.37. The number of hydrogen-bond acceptors (Lipinski definition) is 4. The summed E-state index contributed by atoms with van der Waals surface area (Å²) in [4.78, 5) is 12.0. The lowest BCUT2D eigenvalue weighted by atomic mass is 9.84. The molecule has 3 unspecified atom stereocenters. The highest BCUT2D eigenvalue weighted by Crippen LogP contribution is 2.48. The molecular formula is C11H14N2OS. The fourth-order valence-corrected chi connectivity index (χ4v) is 3.66. The van der Waals surface area contributed by atoms with Gasteiger partial charge in [0.1, 0.15) is 5.78 Å². The van der Waals surface area contributed by atoms with E-state index < -0.39 is 0 Å². The molecule has 2 aliphatic carbocycles. The zero-order valence-electron chi connectivity index (χ0n) is 8.56. The number of fused-ring (bicyclic) bond motifs is 2. The van der Waals surface area contributed by atoms with Gasteiger partial charge in [-0.15, -0.1) is 5.10 Å². The molecule has 0 aliphatic heterocycles. The number of Topliss-reactive ketones (excluding diaryl/α,β-unsaturated/α-hetero) is 1. The Balaban J connectivity index is 1.66. The normalized spacial score (nSPS) is 33.5. The number of carbonyl (C=O) groups is 1. The van der Waals surface area contributed by atoms with E-state index in [0.717, 1.165) is 18.0 Å². The van der Waals surface area contributed by atoms with Crippen molar-refractivity contribution in [1.82, 2.24) is 9.59 Å². The fourth-order valence-electron chi connectivity index (χ4n) is 3.21. The lowest BCUT2D eigenvalue weighted by molar-refractivity contribution is -0.123. The van der Waals surface area contributed by atoms with Gasteiger partial charge in [-0.05, 0) is 42.6 Å². The first-order chi connectivity index (χ1) is 7.33. The van der Waals surface area contributed by atoms with Crippen LogP contribution in [0.25, 0.3) is 0 Å². The second-order valence-corrected chi connectivity index (χ2v) is 5.43. The standard InChI is InChI=1S/C11H14N2OS/c14-11(5-9-6-15-13-12-9)10-4-7-1-2-8(10)3-7/h6-8,10H,1-5H2. The summed E-state index contributed by atoms with van der Waals surface area (Å²) in [5, 5.41) is 5.82. The summed E-state index contributed by atoms with van der Waals surface area (Å²) < 4.78 is 3.79. The smallest absolute Gasteiger partial charge is 0.142 e. The Morgan fingerprint density at radius 2 is 2.40 bits per heavy atom. The van der Waals surface area contributed by atoms with Gasteiger partial charge in [-0.25, -0.2) is 0 Å². The van der Waals surface area contributed by atoms with Crippen LogP contribution in [0.4, 0.5) is 0 Å². The molecule has 3 nitrogen and oxygen atoms in total. The lowest BCUT2D eigenvalue weighted by Gasteiger charge is -2.19. The number of hydrogen-bond donors (Lipinski definition) is 0. The Morgan fingerprint density at radius 1 is 1.47 bits per heavy atom. The van der Waals surface area contributed by atoms with Crippen LogP contribution in [-0.4, -0.2) is 15.4 Å². The molecule has 2 saturated carbocycles. The summed E-state index contributed by atoms with van der Waals surface area (Å²) in [6.45, 7) is 0. The van der Waals surface area contributed by atoms with Crippen LogP contribution in [0.2, 0.25) is 0 Å². The van der Waals surface area contributed by atoms with Gasteiger partial charge in [0.25, 0.3) is 0 Å². The van der Waals surface area contributed by atoms with E-state index in [1.807, 2.05) is 5.38 Å². The Morgan fingerprint density at radius 3 is 3.00 bits per heavy atom. The van der Waals surface area contributed by atoms with E-state index in [-0.39, 0.29) is 0 Å². The van der Waals surface area contributed by atoms with Crippen molar-refractivity contribution in [3.63, 3.8) is 0 Å². The third-order valence-electron chi connectivity index (χ3n) is 3.91. The fraction of sp³-hybridized carbons (Fsp3) is 0.727. The minimum atomic E-state index is 0.338. The lowest BCUT2D eigenvalue weighted by Crippen LogP contribution is -2.22. The monoisotopic (exact) mass is 222 g/mol. The first-order valence-electron chi connectivity index (χ1n) is 5.61. The number of rotatable bonds is 3. The molecule has 1 aromatic rings. The van der Waals surface area contributed by atoms with E-state index in [1.54, 1.807) is 0 Å². The van der Waals surface area contributed by atoms with Gasteiger partial charge in [-0.2, -0.15) is 0 Å². The second-order valence-electron chi connectivity index (χ2n) is 4.82. The molecule has 0 saturated heterocycles. The van der Waals surface area contributed by atoms with Crippen molar-refractivity contribution >= 4 is 17.3 Å². The summed E-state index contributed by atoms with van der Waals surface area (Å²) >= 11 is 1.33. The first-order valence-corrected chi connectivity index (χ1v) is 6.45. The maximum Gasteiger partial charge on any atom is 0.142 e. The highest BCUT2D eigenvalue weighted by atomic mass is 32.1. The molecule has 3 rings (SSSR count).